The lowest BCUT2D eigenvalue weighted by Gasteiger charge is -2.35. The maximum atomic E-state index is 13.2. The molecule has 2 aromatic rings. The highest BCUT2D eigenvalue weighted by molar-refractivity contribution is 5.84. The fraction of sp³-hybridized carbons (Fsp3) is 0.440. The summed E-state index contributed by atoms with van der Waals surface area (Å²) in [7, 11) is 0. The largest absolute Gasteiger partial charge is 0.379 e. The van der Waals surface area contributed by atoms with E-state index in [9.17, 15) is 9.59 Å². The van der Waals surface area contributed by atoms with Crippen molar-refractivity contribution in [3.05, 3.63) is 71.8 Å². The molecule has 2 aliphatic rings. The first-order valence-corrected chi connectivity index (χ1v) is 11.2. The second kappa shape index (κ2) is 10.6. The standard InChI is InChI=1S/C25H31N3O3/c29-23-12-11-22(19-28(23)14-13-27-15-17-31-18-16-27)25(30)26-24(20-7-3-1-4-8-20)21-9-5-2-6-10-21/h1-10,22,24H,11-19H2,(H,26,30). The third-order valence-electron chi connectivity index (χ3n) is 6.21. The van der Waals surface area contributed by atoms with Gasteiger partial charge in [0.1, 0.15) is 0 Å². The van der Waals surface area contributed by atoms with Crippen molar-refractivity contribution in [1.82, 2.24) is 15.1 Å². The van der Waals surface area contributed by atoms with Gasteiger partial charge in [-0.2, -0.15) is 0 Å². The fourth-order valence-corrected chi connectivity index (χ4v) is 4.34. The van der Waals surface area contributed by atoms with Crippen LogP contribution in [0.15, 0.2) is 60.7 Å². The first-order chi connectivity index (χ1) is 15.2. The van der Waals surface area contributed by atoms with E-state index in [0.717, 1.165) is 44.0 Å². The number of benzene rings is 2. The van der Waals surface area contributed by atoms with Crippen molar-refractivity contribution in [3.63, 3.8) is 0 Å². The number of rotatable bonds is 7. The van der Waals surface area contributed by atoms with E-state index in [1.807, 2.05) is 65.6 Å². The molecule has 2 aromatic carbocycles. The summed E-state index contributed by atoms with van der Waals surface area (Å²) in [5, 5.41) is 3.26. The summed E-state index contributed by atoms with van der Waals surface area (Å²) in [6.45, 7) is 5.30. The summed E-state index contributed by atoms with van der Waals surface area (Å²) >= 11 is 0. The predicted octanol–water partition coefficient (Wildman–Crippen LogP) is 2.46. The molecule has 2 fully saturated rings. The van der Waals surface area contributed by atoms with Gasteiger partial charge in [-0.25, -0.2) is 0 Å². The molecule has 6 heteroatoms. The highest BCUT2D eigenvalue weighted by Gasteiger charge is 2.31. The Kier molecular flexibility index (Phi) is 7.33. The van der Waals surface area contributed by atoms with Crippen molar-refractivity contribution in [2.45, 2.75) is 18.9 Å². The van der Waals surface area contributed by atoms with E-state index < -0.39 is 0 Å². The number of amides is 2. The summed E-state index contributed by atoms with van der Waals surface area (Å²) in [6, 6.07) is 19.9. The van der Waals surface area contributed by atoms with Crippen LogP contribution in [0, 0.1) is 5.92 Å². The molecule has 1 N–H and O–H groups in total. The molecule has 1 atom stereocenters. The number of nitrogens with one attached hydrogen (secondary N) is 1. The van der Waals surface area contributed by atoms with Gasteiger partial charge in [-0.3, -0.25) is 14.5 Å². The molecule has 31 heavy (non-hydrogen) atoms. The number of morpholine rings is 1. The van der Waals surface area contributed by atoms with Crippen LogP contribution < -0.4 is 5.32 Å². The maximum Gasteiger partial charge on any atom is 0.225 e. The number of hydrogen-bond donors (Lipinski definition) is 1. The number of nitrogens with zero attached hydrogens (tertiary/aromatic N) is 2. The third kappa shape index (κ3) is 5.71. The van der Waals surface area contributed by atoms with Crippen LogP contribution in [0.3, 0.4) is 0 Å². The first kappa shape index (κ1) is 21.5. The molecule has 0 aromatic heterocycles. The summed E-state index contributed by atoms with van der Waals surface area (Å²) < 4.78 is 5.40. The molecule has 4 rings (SSSR count). The van der Waals surface area contributed by atoms with Crippen LogP contribution >= 0.6 is 0 Å². The third-order valence-corrected chi connectivity index (χ3v) is 6.21. The minimum Gasteiger partial charge on any atom is -0.379 e. The van der Waals surface area contributed by atoms with Crippen LogP contribution in [0.1, 0.15) is 30.0 Å². The molecule has 164 valence electrons. The lowest BCUT2D eigenvalue weighted by atomic mass is 9.94. The molecule has 0 bridgehead atoms. The van der Waals surface area contributed by atoms with Crippen molar-refractivity contribution >= 4 is 11.8 Å². The van der Waals surface area contributed by atoms with Gasteiger partial charge >= 0.3 is 0 Å². The quantitative estimate of drug-likeness (QED) is 0.746. The Balaban J connectivity index is 1.40. The lowest BCUT2D eigenvalue weighted by Crippen LogP contribution is -2.49. The van der Waals surface area contributed by atoms with E-state index in [4.69, 9.17) is 4.74 Å². The Morgan fingerprint density at radius 2 is 1.58 bits per heavy atom. The Morgan fingerprint density at radius 3 is 2.19 bits per heavy atom. The normalized spacial score (nSPS) is 20.1. The molecular weight excluding hydrogens is 390 g/mol. The van der Waals surface area contributed by atoms with Gasteiger partial charge in [-0.15, -0.1) is 0 Å². The second-order valence-corrected chi connectivity index (χ2v) is 8.29. The summed E-state index contributed by atoms with van der Waals surface area (Å²) in [5.74, 6) is -0.0149. The Bertz CT molecular complexity index is 813. The van der Waals surface area contributed by atoms with Crippen LogP contribution in [-0.2, 0) is 14.3 Å². The van der Waals surface area contributed by atoms with Crippen molar-refractivity contribution in [1.29, 1.82) is 0 Å². The number of ether oxygens (including phenoxy) is 1. The van der Waals surface area contributed by atoms with E-state index in [-0.39, 0.29) is 23.8 Å². The van der Waals surface area contributed by atoms with E-state index in [2.05, 4.69) is 10.2 Å². The van der Waals surface area contributed by atoms with Gasteiger partial charge in [0.05, 0.1) is 25.2 Å². The molecule has 0 radical (unpaired) electrons. The summed E-state index contributed by atoms with van der Waals surface area (Å²) in [4.78, 5) is 29.9. The van der Waals surface area contributed by atoms with Crippen molar-refractivity contribution in [3.8, 4) is 0 Å². The Morgan fingerprint density at radius 1 is 0.968 bits per heavy atom. The van der Waals surface area contributed by atoms with Crippen LogP contribution in [0.25, 0.3) is 0 Å². The minimum atomic E-state index is -0.200. The molecule has 2 saturated heterocycles. The smallest absolute Gasteiger partial charge is 0.225 e. The molecule has 0 aliphatic carbocycles. The van der Waals surface area contributed by atoms with Gasteiger partial charge in [-0.05, 0) is 17.5 Å². The SMILES string of the molecule is O=C(NC(c1ccccc1)c1ccccc1)C1CCC(=O)N(CCN2CCOCC2)C1. The Hall–Kier alpha value is -2.70. The van der Waals surface area contributed by atoms with Gasteiger partial charge in [0, 0.05) is 39.1 Å². The zero-order valence-corrected chi connectivity index (χ0v) is 17.9. The van der Waals surface area contributed by atoms with Crippen LogP contribution in [0.2, 0.25) is 0 Å². The van der Waals surface area contributed by atoms with Gasteiger partial charge in [-0.1, -0.05) is 60.7 Å². The molecule has 0 saturated carbocycles. The second-order valence-electron chi connectivity index (χ2n) is 8.29. The van der Waals surface area contributed by atoms with Crippen LogP contribution in [-0.4, -0.2) is 67.6 Å². The highest BCUT2D eigenvalue weighted by Crippen LogP contribution is 2.24. The highest BCUT2D eigenvalue weighted by atomic mass is 16.5. The van der Waals surface area contributed by atoms with Crippen LogP contribution in [0.4, 0.5) is 0 Å². The summed E-state index contributed by atoms with van der Waals surface area (Å²) in [5.41, 5.74) is 2.11. The number of carbonyl (C=O) groups is 2. The minimum absolute atomic E-state index is 0.0154. The molecule has 2 aliphatic heterocycles. The number of carbonyl (C=O) groups excluding carboxylic acids is 2. The van der Waals surface area contributed by atoms with Gasteiger partial charge in [0.15, 0.2) is 0 Å². The number of piperidine rings is 1. The molecule has 2 amide bonds. The summed E-state index contributed by atoms with van der Waals surface area (Å²) in [6.07, 6.45) is 1.04. The lowest BCUT2D eigenvalue weighted by molar-refractivity contribution is -0.138. The van der Waals surface area contributed by atoms with E-state index >= 15 is 0 Å². The van der Waals surface area contributed by atoms with E-state index in [1.54, 1.807) is 0 Å². The number of likely N-dealkylation sites (tertiary alicyclic amines) is 1. The van der Waals surface area contributed by atoms with Gasteiger partial charge in [0.25, 0.3) is 0 Å². The van der Waals surface area contributed by atoms with Crippen LogP contribution in [0.5, 0.6) is 0 Å². The molecule has 1 unspecified atom stereocenters. The van der Waals surface area contributed by atoms with Crippen molar-refractivity contribution in [2.24, 2.45) is 5.92 Å². The molecular formula is C25H31N3O3. The topological polar surface area (TPSA) is 61.9 Å². The Labute approximate surface area is 184 Å². The van der Waals surface area contributed by atoms with Gasteiger partial charge in [0.2, 0.25) is 11.8 Å². The number of hydrogen-bond acceptors (Lipinski definition) is 4. The molecule has 6 nitrogen and oxygen atoms in total. The monoisotopic (exact) mass is 421 g/mol. The fourth-order valence-electron chi connectivity index (χ4n) is 4.34. The zero-order valence-electron chi connectivity index (χ0n) is 17.9. The van der Waals surface area contributed by atoms with E-state index in [0.29, 0.717) is 25.9 Å². The molecule has 2 heterocycles. The first-order valence-electron chi connectivity index (χ1n) is 11.2. The zero-order chi connectivity index (χ0) is 21.5. The predicted molar refractivity (Wildman–Crippen MR) is 119 cm³/mol. The van der Waals surface area contributed by atoms with Crippen molar-refractivity contribution in [2.75, 3.05) is 45.9 Å². The van der Waals surface area contributed by atoms with Gasteiger partial charge < -0.3 is 15.0 Å². The average Bonchev–Trinajstić information content (AvgIpc) is 2.83. The molecule has 0 spiro atoms. The maximum absolute atomic E-state index is 13.2. The van der Waals surface area contributed by atoms with Crippen molar-refractivity contribution < 1.29 is 14.3 Å². The van der Waals surface area contributed by atoms with E-state index in [1.165, 1.54) is 0 Å². The average molecular weight is 422 g/mol.